The lowest BCUT2D eigenvalue weighted by atomic mass is 9.89. The minimum atomic E-state index is -0.0380. The van der Waals surface area contributed by atoms with Crippen LogP contribution in [-0.2, 0) is 4.79 Å². The van der Waals surface area contributed by atoms with E-state index in [4.69, 9.17) is 0 Å². The monoisotopic (exact) mass is 296 g/mol. The van der Waals surface area contributed by atoms with Gasteiger partial charge in [-0.05, 0) is 36.4 Å². The third-order valence-electron chi connectivity index (χ3n) is 4.08. The molecule has 0 radical (unpaired) electrons. The third kappa shape index (κ3) is 2.16. The van der Waals surface area contributed by atoms with Crippen LogP contribution >= 0.6 is 11.3 Å². The standard InChI is InChI=1S/C17H16N2OS/c20-14-8-3-7-13-16(14)17(15-9-4-10-21-15)19-12-6-2-1-5-11(12)18-13/h1-2,4-6,9-10,17-19H,3,7-8H2/t17-/m1/s1. The van der Waals surface area contributed by atoms with E-state index in [0.29, 0.717) is 6.42 Å². The molecule has 4 heteroatoms. The van der Waals surface area contributed by atoms with Crippen LogP contribution in [0.4, 0.5) is 11.4 Å². The predicted octanol–water partition coefficient (Wildman–Crippen LogP) is 4.33. The maximum atomic E-state index is 12.5. The molecule has 1 aliphatic carbocycles. The SMILES string of the molecule is O=C1CCCC2=C1[C@@H](c1cccs1)Nc1ccccc1N2. The summed E-state index contributed by atoms with van der Waals surface area (Å²) in [7, 11) is 0. The van der Waals surface area contributed by atoms with Gasteiger partial charge in [-0.3, -0.25) is 4.79 Å². The van der Waals surface area contributed by atoms with Gasteiger partial charge in [-0.2, -0.15) is 0 Å². The van der Waals surface area contributed by atoms with Gasteiger partial charge in [-0.15, -0.1) is 11.3 Å². The number of hydrogen-bond acceptors (Lipinski definition) is 4. The molecule has 0 fully saturated rings. The molecule has 1 aliphatic heterocycles. The van der Waals surface area contributed by atoms with Gasteiger partial charge in [0.2, 0.25) is 0 Å². The lowest BCUT2D eigenvalue weighted by molar-refractivity contribution is -0.116. The summed E-state index contributed by atoms with van der Waals surface area (Å²) in [5.74, 6) is 0.266. The summed E-state index contributed by atoms with van der Waals surface area (Å²) in [6.07, 6.45) is 2.53. The first-order valence-electron chi connectivity index (χ1n) is 7.25. The topological polar surface area (TPSA) is 41.1 Å². The van der Waals surface area contributed by atoms with Crippen LogP contribution in [0.25, 0.3) is 0 Å². The fourth-order valence-electron chi connectivity index (χ4n) is 3.11. The van der Waals surface area contributed by atoms with E-state index >= 15 is 0 Å². The molecule has 2 heterocycles. The number of carbonyl (C=O) groups excluding carboxylic acids is 1. The fourth-order valence-corrected chi connectivity index (χ4v) is 3.89. The van der Waals surface area contributed by atoms with Gasteiger partial charge in [0.05, 0.1) is 17.4 Å². The molecule has 106 valence electrons. The van der Waals surface area contributed by atoms with Gasteiger partial charge in [-0.25, -0.2) is 0 Å². The molecule has 1 atom stereocenters. The lowest BCUT2D eigenvalue weighted by Gasteiger charge is -2.24. The van der Waals surface area contributed by atoms with Crippen LogP contribution in [0.2, 0.25) is 0 Å². The second-order valence-electron chi connectivity index (χ2n) is 5.43. The smallest absolute Gasteiger partial charge is 0.163 e. The Morgan fingerprint density at radius 2 is 1.90 bits per heavy atom. The second kappa shape index (κ2) is 5.04. The molecule has 1 aromatic carbocycles. The van der Waals surface area contributed by atoms with Crippen molar-refractivity contribution in [2.45, 2.75) is 25.3 Å². The molecule has 2 aromatic rings. The van der Waals surface area contributed by atoms with E-state index in [1.165, 1.54) is 4.88 Å². The molecule has 2 aliphatic rings. The lowest BCUT2D eigenvalue weighted by Crippen LogP contribution is -2.22. The summed E-state index contributed by atoms with van der Waals surface area (Å²) in [5, 5.41) is 9.11. The van der Waals surface area contributed by atoms with E-state index in [1.54, 1.807) is 11.3 Å². The molecular weight excluding hydrogens is 280 g/mol. The Kier molecular flexibility index (Phi) is 3.04. The van der Waals surface area contributed by atoms with E-state index in [1.807, 2.05) is 18.2 Å². The van der Waals surface area contributed by atoms with Crippen LogP contribution in [0.3, 0.4) is 0 Å². The van der Waals surface area contributed by atoms with Crippen molar-refractivity contribution in [3.8, 4) is 0 Å². The Balaban J connectivity index is 1.88. The average molecular weight is 296 g/mol. The van der Waals surface area contributed by atoms with Crippen molar-refractivity contribution in [2.24, 2.45) is 0 Å². The van der Waals surface area contributed by atoms with Gasteiger partial charge in [-0.1, -0.05) is 18.2 Å². The Morgan fingerprint density at radius 1 is 1.05 bits per heavy atom. The zero-order chi connectivity index (χ0) is 14.2. The van der Waals surface area contributed by atoms with Crippen LogP contribution in [0, 0.1) is 0 Å². The van der Waals surface area contributed by atoms with Gasteiger partial charge in [0.1, 0.15) is 0 Å². The highest BCUT2D eigenvalue weighted by atomic mass is 32.1. The molecule has 0 bridgehead atoms. The summed E-state index contributed by atoms with van der Waals surface area (Å²) < 4.78 is 0. The number of nitrogens with one attached hydrogen (secondary N) is 2. The van der Waals surface area contributed by atoms with Crippen LogP contribution in [0.15, 0.2) is 53.0 Å². The van der Waals surface area contributed by atoms with Crippen LogP contribution in [0.1, 0.15) is 30.2 Å². The molecule has 0 unspecified atom stereocenters. The minimum absolute atomic E-state index is 0.0380. The number of thiophene rings is 1. The van der Waals surface area contributed by atoms with Crippen LogP contribution in [0.5, 0.6) is 0 Å². The van der Waals surface area contributed by atoms with Crippen molar-refractivity contribution in [1.29, 1.82) is 0 Å². The number of para-hydroxylation sites is 2. The molecule has 3 nitrogen and oxygen atoms in total. The van der Waals surface area contributed by atoms with E-state index in [2.05, 4.69) is 34.2 Å². The predicted molar refractivity (Wildman–Crippen MR) is 86.6 cm³/mol. The maximum absolute atomic E-state index is 12.5. The quantitative estimate of drug-likeness (QED) is 0.822. The first kappa shape index (κ1) is 12.7. The molecule has 1 aromatic heterocycles. The molecule has 2 N–H and O–H groups in total. The molecule has 21 heavy (non-hydrogen) atoms. The van der Waals surface area contributed by atoms with Crippen molar-refractivity contribution >= 4 is 28.5 Å². The molecule has 0 saturated carbocycles. The van der Waals surface area contributed by atoms with Gasteiger partial charge in [0.15, 0.2) is 5.78 Å². The van der Waals surface area contributed by atoms with E-state index in [0.717, 1.165) is 35.5 Å². The molecule has 0 spiro atoms. The summed E-state index contributed by atoms with van der Waals surface area (Å²) in [6, 6.07) is 12.3. The van der Waals surface area contributed by atoms with Gasteiger partial charge in [0, 0.05) is 22.6 Å². The van der Waals surface area contributed by atoms with Crippen molar-refractivity contribution in [3.05, 3.63) is 57.9 Å². The summed E-state index contributed by atoms with van der Waals surface area (Å²) >= 11 is 1.69. The first-order chi connectivity index (χ1) is 10.3. The van der Waals surface area contributed by atoms with Crippen molar-refractivity contribution in [2.75, 3.05) is 10.6 Å². The number of carbonyl (C=O) groups is 1. The van der Waals surface area contributed by atoms with Crippen molar-refractivity contribution in [1.82, 2.24) is 0 Å². The maximum Gasteiger partial charge on any atom is 0.163 e. The Morgan fingerprint density at radius 3 is 2.71 bits per heavy atom. The third-order valence-corrected chi connectivity index (χ3v) is 5.02. The summed E-state index contributed by atoms with van der Waals surface area (Å²) in [5.41, 5.74) is 4.11. The largest absolute Gasteiger partial charge is 0.372 e. The minimum Gasteiger partial charge on any atom is -0.372 e. The fraction of sp³-hybridized carbons (Fsp3) is 0.235. The Bertz CT molecular complexity index is 718. The van der Waals surface area contributed by atoms with Gasteiger partial charge in [0.25, 0.3) is 0 Å². The number of ketones is 1. The van der Waals surface area contributed by atoms with Crippen LogP contribution in [-0.4, -0.2) is 5.78 Å². The molecule has 0 saturated heterocycles. The molecule has 4 rings (SSSR count). The highest BCUT2D eigenvalue weighted by Crippen LogP contribution is 2.41. The zero-order valence-corrected chi connectivity index (χ0v) is 12.4. The summed E-state index contributed by atoms with van der Waals surface area (Å²) in [6.45, 7) is 0. The number of anilines is 2. The van der Waals surface area contributed by atoms with Crippen molar-refractivity contribution < 1.29 is 4.79 Å². The van der Waals surface area contributed by atoms with E-state index in [9.17, 15) is 4.79 Å². The number of rotatable bonds is 1. The highest BCUT2D eigenvalue weighted by Gasteiger charge is 2.32. The number of benzene rings is 1. The molecular formula is C17H16N2OS. The Labute approximate surface area is 127 Å². The van der Waals surface area contributed by atoms with Crippen LogP contribution < -0.4 is 10.6 Å². The van der Waals surface area contributed by atoms with Gasteiger partial charge < -0.3 is 10.6 Å². The highest BCUT2D eigenvalue weighted by molar-refractivity contribution is 7.10. The van der Waals surface area contributed by atoms with E-state index < -0.39 is 0 Å². The first-order valence-corrected chi connectivity index (χ1v) is 8.13. The molecule has 0 amide bonds. The average Bonchev–Trinajstić information content (AvgIpc) is 2.96. The Hall–Kier alpha value is -2.07. The normalized spacial score (nSPS) is 21.0. The van der Waals surface area contributed by atoms with E-state index in [-0.39, 0.29) is 11.8 Å². The number of hydrogen-bond donors (Lipinski definition) is 2. The summed E-state index contributed by atoms with van der Waals surface area (Å²) in [4.78, 5) is 13.7. The number of fused-ring (bicyclic) bond motifs is 1. The number of allylic oxidation sites excluding steroid dienone is 1. The number of Topliss-reactive ketones (excluding diaryl/α,β-unsaturated/α-hetero) is 1. The zero-order valence-electron chi connectivity index (χ0n) is 11.6. The van der Waals surface area contributed by atoms with Gasteiger partial charge >= 0.3 is 0 Å². The van der Waals surface area contributed by atoms with Crippen molar-refractivity contribution in [3.63, 3.8) is 0 Å². The second-order valence-corrected chi connectivity index (χ2v) is 6.41.